The number of ether oxygens (including phenoxy) is 1. The van der Waals surface area contributed by atoms with Gasteiger partial charge in [0.2, 0.25) is 5.91 Å². The Hall–Kier alpha value is -3.07. The van der Waals surface area contributed by atoms with Crippen LogP contribution in [-0.2, 0) is 16.0 Å². The fraction of sp³-hybridized carbons (Fsp3) is 0.417. The Morgan fingerprint density at radius 2 is 2.00 bits per heavy atom. The Labute approximate surface area is 196 Å². The number of benzene rings is 1. The van der Waals surface area contributed by atoms with Crippen LogP contribution in [0, 0.1) is 12.7 Å². The molecule has 3 aromatic rings. The lowest BCUT2D eigenvalue weighted by molar-refractivity contribution is -0.118. The van der Waals surface area contributed by atoms with Gasteiger partial charge in [-0.1, -0.05) is 43.2 Å². The number of rotatable bonds is 11. The maximum atomic E-state index is 14.0. The highest BCUT2D eigenvalue weighted by atomic mass is 32.1. The number of carbonyl (C=O) groups is 2. The SMILES string of the molecule is CCCCCN(C(=O)CCc1ncc(-c2ccccc2F)o1)c1nc(C)c(C(=O)OCC)s1. The monoisotopic (exact) mass is 473 g/mol. The summed E-state index contributed by atoms with van der Waals surface area (Å²) in [6.07, 6.45) is 4.70. The first-order valence-corrected chi connectivity index (χ1v) is 11.9. The number of carbonyl (C=O) groups excluding carboxylic acids is 2. The zero-order valence-corrected chi connectivity index (χ0v) is 19.9. The molecule has 0 bridgehead atoms. The highest BCUT2D eigenvalue weighted by Crippen LogP contribution is 2.28. The molecule has 0 N–H and O–H groups in total. The number of aryl methyl sites for hydroxylation is 2. The molecule has 0 aliphatic carbocycles. The summed E-state index contributed by atoms with van der Waals surface area (Å²) in [5.74, 6) is -0.279. The predicted octanol–water partition coefficient (Wildman–Crippen LogP) is 5.58. The number of aromatic nitrogens is 2. The van der Waals surface area contributed by atoms with E-state index in [1.54, 1.807) is 36.9 Å². The average molecular weight is 474 g/mol. The van der Waals surface area contributed by atoms with E-state index in [1.165, 1.54) is 23.6 Å². The van der Waals surface area contributed by atoms with E-state index in [4.69, 9.17) is 9.15 Å². The number of oxazole rings is 1. The van der Waals surface area contributed by atoms with E-state index in [2.05, 4.69) is 16.9 Å². The van der Waals surface area contributed by atoms with E-state index in [0.717, 1.165) is 19.3 Å². The molecule has 0 unspecified atom stereocenters. The molecular weight excluding hydrogens is 445 g/mol. The zero-order chi connectivity index (χ0) is 23.8. The minimum atomic E-state index is -0.430. The molecule has 0 spiro atoms. The standard InChI is InChI=1S/C24H28FN3O4S/c1-4-6-9-14-28(24-27-16(3)22(33-24)23(30)31-5-2)21(29)13-12-20-26-15-19(32-20)17-10-7-8-11-18(17)25/h7-8,10-11,15H,4-6,9,12-14H2,1-3H3. The van der Waals surface area contributed by atoms with Crippen LogP contribution in [0.5, 0.6) is 0 Å². The number of esters is 1. The molecule has 0 fully saturated rings. The topological polar surface area (TPSA) is 85.5 Å². The van der Waals surface area contributed by atoms with Crippen molar-refractivity contribution in [1.82, 2.24) is 9.97 Å². The minimum absolute atomic E-state index is 0.138. The molecule has 0 saturated carbocycles. The van der Waals surface area contributed by atoms with Gasteiger partial charge in [-0.15, -0.1) is 0 Å². The molecule has 0 atom stereocenters. The molecule has 2 aromatic heterocycles. The number of halogens is 1. The average Bonchev–Trinajstić information content (AvgIpc) is 3.42. The number of nitrogens with zero attached hydrogens (tertiary/aromatic N) is 3. The van der Waals surface area contributed by atoms with Crippen LogP contribution < -0.4 is 4.90 Å². The second kappa shape index (κ2) is 11.7. The minimum Gasteiger partial charge on any atom is -0.462 e. The van der Waals surface area contributed by atoms with Gasteiger partial charge in [0.15, 0.2) is 16.8 Å². The van der Waals surface area contributed by atoms with E-state index in [0.29, 0.717) is 39.5 Å². The first kappa shape index (κ1) is 24.6. The lowest BCUT2D eigenvalue weighted by Gasteiger charge is -2.19. The van der Waals surface area contributed by atoms with Crippen LogP contribution in [0.15, 0.2) is 34.9 Å². The molecule has 1 aromatic carbocycles. The number of amides is 1. The van der Waals surface area contributed by atoms with E-state index < -0.39 is 11.8 Å². The van der Waals surface area contributed by atoms with Crippen LogP contribution in [0.3, 0.4) is 0 Å². The van der Waals surface area contributed by atoms with E-state index in [-0.39, 0.29) is 25.4 Å². The van der Waals surface area contributed by atoms with Crippen molar-refractivity contribution in [1.29, 1.82) is 0 Å². The molecule has 0 aliphatic heterocycles. The second-order valence-corrected chi connectivity index (χ2v) is 8.46. The van der Waals surface area contributed by atoms with Gasteiger partial charge in [0, 0.05) is 19.4 Å². The number of thiazole rings is 1. The molecule has 0 aliphatic rings. The molecule has 2 heterocycles. The van der Waals surface area contributed by atoms with Crippen molar-refractivity contribution < 1.29 is 23.1 Å². The molecule has 1 amide bonds. The second-order valence-electron chi connectivity index (χ2n) is 7.48. The summed E-state index contributed by atoms with van der Waals surface area (Å²) in [6, 6.07) is 6.30. The van der Waals surface area contributed by atoms with Crippen LogP contribution >= 0.6 is 11.3 Å². The lowest BCUT2D eigenvalue weighted by Crippen LogP contribution is -2.32. The highest BCUT2D eigenvalue weighted by Gasteiger charge is 2.24. The molecular formula is C24H28FN3O4S. The third kappa shape index (κ3) is 6.25. The van der Waals surface area contributed by atoms with Crippen molar-refractivity contribution in [3.8, 4) is 11.3 Å². The van der Waals surface area contributed by atoms with Crippen LogP contribution in [0.2, 0.25) is 0 Å². The summed E-state index contributed by atoms with van der Waals surface area (Å²) in [7, 11) is 0. The number of hydrogen-bond donors (Lipinski definition) is 0. The maximum absolute atomic E-state index is 14.0. The first-order valence-electron chi connectivity index (χ1n) is 11.1. The van der Waals surface area contributed by atoms with Crippen LogP contribution in [-0.4, -0.2) is 35.0 Å². The molecule has 176 valence electrons. The van der Waals surface area contributed by atoms with Crippen LogP contribution in [0.1, 0.15) is 60.8 Å². The Morgan fingerprint density at radius 3 is 2.73 bits per heavy atom. The summed E-state index contributed by atoms with van der Waals surface area (Å²) >= 11 is 1.17. The molecule has 7 nitrogen and oxygen atoms in total. The largest absolute Gasteiger partial charge is 0.462 e. The van der Waals surface area contributed by atoms with Gasteiger partial charge in [0.1, 0.15) is 10.7 Å². The maximum Gasteiger partial charge on any atom is 0.350 e. The van der Waals surface area contributed by atoms with E-state index in [1.807, 2.05) is 0 Å². The molecule has 9 heteroatoms. The van der Waals surface area contributed by atoms with Crippen molar-refractivity contribution in [2.24, 2.45) is 0 Å². The van der Waals surface area contributed by atoms with Crippen molar-refractivity contribution in [2.45, 2.75) is 52.9 Å². The Kier molecular flexibility index (Phi) is 8.71. The van der Waals surface area contributed by atoms with E-state index in [9.17, 15) is 14.0 Å². The summed E-state index contributed by atoms with van der Waals surface area (Å²) < 4.78 is 24.8. The van der Waals surface area contributed by atoms with Crippen LogP contribution in [0.4, 0.5) is 9.52 Å². The number of anilines is 1. The molecule has 33 heavy (non-hydrogen) atoms. The fourth-order valence-electron chi connectivity index (χ4n) is 3.29. The Bertz CT molecular complexity index is 1100. The first-order chi connectivity index (χ1) is 15.9. The number of unbranched alkanes of at least 4 members (excludes halogenated alkanes) is 2. The van der Waals surface area contributed by atoms with E-state index >= 15 is 0 Å². The van der Waals surface area contributed by atoms with Gasteiger partial charge in [-0.25, -0.2) is 19.2 Å². The quantitative estimate of drug-likeness (QED) is 0.267. The Morgan fingerprint density at radius 1 is 1.21 bits per heavy atom. The number of hydrogen-bond acceptors (Lipinski definition) is 7. The van der Waals surface area contributed by atoms with Gasteiger partial charge in [-0.05, 0) is 32.4 Å². The zero-order valence-electron chi connectivity index (χ0n) is 19.1. The van der Waals surface area contributed by atoms with Gasteiger partial charge in [0.25, 0.3) is 0 Å². The summed E-state index contributed by atoms with van der Waals surface area (Å²) in [4.78, 5) is 36.0. The third-order valence-electron chi connectivity index (χ3n) is 5.01. The van der Waals surface area contributed by atoms with Crippen molar-refractivity contribution >= 4 is 28.3 Å². The lowest BCUT2D eigenvalue weighted by atomic mass is 10.2. The molecule has 0 saturated heterocycles. The summed E-state index contributed by atoms with van der Waals surface area (Å²) in [5.41, 5.74) is 0.873. The van der Waals surface area contributed by atoms with Gasteiger partial charge in [-0.2, -0.15) is 0 Å². The smallest absolute Gasteiger partial charge is 0.350 e. The van der Waals surface area contributed by atoms with Gasteiger partial charge in [-0.3, -0.25) is 9.69 Å². The van der Waals surface area contributed by atoms with Crippen molar-refractivity contribution in [3.05, 3.63) is 52.7 Å². The van der Waals surface area contributed by atoms with Gasteiger partial charge >= 0.3 is 5.97 Å². The third-order valence-corrected chi connectivity index (χ3v) is 6.17. The van der Waals surface area contributed by atoms with Gasteiger partial charge in [0.05, 0.1) is 24.1 Å². The normalized spacial score (nSPS) is 10.9. The highest BCUT2D eigenvalue weighted by molar-refractivity contribution is 7.17. The predicted molar refractivity (Wildman–Crippen MR) is 125 cm³/mol. The molecule has 3 rings (SSSR count). The van der Waals surface area contributed by atoms with Gasteiger partial charge < -0.3 is 9.15 Å². The summed E-state index contributed by atoms with van der Waals surface area (Å²) in [5, 5.41) is 0.483. The van der Waals surface area contributed by atoms with Crippen molar-refractivity contribution in [3.63, 3.8) is 0 Å². The summed E-state index contributed by atoms with van der Waals surface area (Å²) in [6.45, 7) is 6.35. The Balaban J connectivity index is 1.72. The molecule has 0 radical (unpaired) electrons. The fourth-order valence-corrected chi connectivity index (χ4v) is 4.29. The van der Waals surface area contributed by atoms with Crippen LogP contribution in [0.25, 0.3) is 11.3 Å². The van der Waals surface area contributed by atoms with Crippen molar-refractivity contribution in [2.75, 3.05) is 18.1 Å².